The molecule has 0 amide bonds. The van der Waals surface area contributed by atoms with Crippen LogP contribution in [0.5, 0.6) is 0 Å². The lowest BCUT2D eigenvalue weighted by molar-refractivity contribution is -0.141. The predicted molar refractivity (Wildman–Crippen MR) is 339 cm³/mol. The van der Waals surface area contributed by atoms with Crippen molar-refractivity contribution < 1.29 is 53.1 Å². The average Bonchev–Trinajstić information content (AvgIpc) is 4.47. The van der Waals surface area contributed by atoms with Crippen molar-refractivity contribution >= 4 is 60.5 Å². The number of imidazole rings is 2. The fourth-order valence-electron chi connectivity index (χ4n) is 9.42. The summed E-state index contributed by atoms with van der Waals surface area (Å²) >= 11 is 0. The van der Waals surface area contributed by atoms with Gasteiger partial charge in [-0.2, -0.15) is 0 Å². The van der Waals surface area contributed by atoms with Crippen molar-refractivity contribution in [2.24, 2.45) is 0 Å². The van der Waals surface area contributed by atoms with Gasteiger partial charge in [0.15, 0.2) is 46.5 Å². The molecule has 6 rings (SSSR count). The number of rotatable bonds is 30. The van der Waals surface area contributed by atoms with E-state index >= 15 is 0 Å². The fraction of sp³-hybridized carbons (Fsp3) is 0.565. The molecular weight excluding hydrogens is 1140 g/mol. The number of nitrogens with two attached hydrogens (primary N) is 1. The van der Waals surface area contributed by atoms with Crippen molar-refractivity contribution in [3.63, 3.8) is 0 Å². The summed E-state index contributed by atoms with van der Waals surface area (Å²) in [5.74, 6) is -0.181. The molecule has 20 nitrogen and oxygen atoms in total. The van der Waals surface area contributed by atoms with Gasteiger partial charge in [0.2, 0.25) is 0 Å². The van der Waals surface area contributed by atoms with Crippen molar-refractivity contribution in [3.8, 4) is 0 Å². The average molecular weight is 1230 g/mol. The van der Waals surface area contributed by atoms with Crippen LogP contribution >= 0.6 is 26.4 Å². The largest absolute Gasteiger partial charge is 0.461 e. The van der Waals surface area contributed by atoms with Crippen LogP contribution in [0.25, 0.3) is 22.3 Å². The minimum atomic E-state index is -1.27. The Bertz CT molecular complexity index is 3010. The zero-order chi connectivity index (χ0) is 62.4. The number of hydrogen-bond acceptors (Lipinski definition) is 18. The van der Waals surface area contributed by atoms with E-state index in [1.54, 1.807) is 4.57 Å². The molecule has 1 unspecified atom stereocenters. The van der Waals surface area contributed by atoms with E-state index in [1.807, 2.05) is 19.1 Å². The van der Waals surface area contributed by atoms with Gasteiger partial charge in [0.1, 0.15) is 54.7 Å². The van der Waals surface area contributed by atoms with E-state index in [4.69, 9.17) is 29.6 Å². The summed E-state index contributed by atoms with van der Waals surface area (Å²) in [5.41, 5.74) is 18.4. The van der Waals surface area contributed by atoms with Crippen molar-refractivity contribution in [2.45, 2.75) is 201 Å². The Labute approximate surface area is 507 Å². The Kier molecular flexibility index (Phi) is 32.9. The highest BCUT2D eigenvalue weighted by Gasteiger charge is 2.47. The molecule has 4 aromatic heterocycles. The van der Waals surface area contributed by atoms with Gasteiger partial charge in [0, 0.05) is 9.47 Å². The van der Waals surface area contributed by atoms with Gasteiger partial charge in [-0.3, -0.25) is 23.1 Å². The van der Waals surface area contributed by atoms with Gasteiger partial charge in [-0.25, -0.2) is 29.9 Å². The second-order valence-corrected chi connectivity index (χ2v) is 23.9. The lowest BCUT2D eigenvalue weighted by Crippen LogP contribution is -2.33. The Morgan fingerprint density at radius 3 is 1.54 bits per heavy atom. The SMILES string of the molecule is CC(C)=CCC/C(C)=C/CC/C(C)=C/CC/C(C)=C/CO.CC(C)=CCC/C(C)=C/CC/C(C)=C/CC/C(C)=C/COC(=O)Cc1ncnc2c1ncn2[C@@H]1O[C@H](CO)[C@@H](O)[C@@H]1O.Nc1ncnc2c1ncn2[C@@H]1O[C@H](CP=O)[C@@H](P=O)[C@@H]1OP. The van der Waals surface area contributed by atoms with Gasteiger partial charge in [-0.05, 0) is 152 Å². The normalized spacial score (nSPS) is 21.5. The highest BCUT2D eigenvalue weighted by Crippen LogP contribution is 2.41. The van der Waals surface area contributed by atoms with Gasteiger partial charge in [0.25, 0.3) is 0 Å². The van der Waals surface area contributed by atoms with Crippen LogP contribution in [0.3, 0.4) is 0 Å². The molecule has 85 heavy (non-hydrogen) atoms. The summed E-state index contributed by atoms with van der Waals surface area (Å²) in [6, 6.07) is 0. The smallest absolute Gasteiger partial charge is 0.312 e. The van der Waals surface area contributed by atoms with Crippen molar-refractivity contribution in [1.29, 1.82) is 0 Å². The Morgan fingerprint density at radius 2 is 1.07 bits per heavy atom. The number of ether oxygens (including phenoxy) is 3. The van der Waals surface area contributed by atoms with Crippen molar-refractivity contribution in [3.05, 3.63) is 124 Å². The second-order valence-electron chi connectivity index (χ2n) is 22.2. The van der Waals surface area contributed by atoms with E-state index in [2.05, 4.69) is 138 Å². The Hall–Kier alpha value is -5.36. The Balaban J connectivity index is 0.000000302. The van der Waals surface area contributed by atoms with Crippen molar-refractivity contribution in [2.75, 3.05) is 31.7 Å². The summed E-state index contributed by atoms with van der Waals surface area (Å²) in [5, 5.41) is 38.6. The number of carbonyl (C=O) groups excluding carboxylic acids is 1. The number of nitrogen functional groups attached to an aromatic ring is 1. The molecule has 0 radical (unpaired) electrons. The topological polar surface area (TPSA) is 282 Å². The third-order valence-corrected chi connectivity index (χ3v) is 16.2. The molecule has 23 heteroatoms. The third-order valence-electron chi connectivity index (χ3n) is 14.5. The van der Waals surface area contributed by atoms with Gasteiger partial charge in [-0.1, -0.05) is 87.1 Å². The number of esters is 1. The number of aliphatic hydroxyl groups is 4. The first kappa shape index (κ1) is 72.1. The minimum absolute atomic E-state index is 0.0802. The zero-order valence-corrected chi connectivity index (χ0v) is 54.3. The minimum Gasteiger partial charge on any atom is -0.461 e. The summed E-state index contributed by atoms with van der Waals surface area (Å²) in [6.45, 7) is 21.4. The number of aromatic nitrogens is 8. The molecule has 0 aromatic carbocycles. The van der Waals surface area contributed by atoms with Gasteiger partial charge < -0.3 is 44.9 Å². The molecule has 466 valence electrons. The highest BCUT2D eigenvalue weighted by molar-refractivity contribution is 7.26. The first-order valence-electron chi connectivity index (χ1n) is 29.1. The third kappa shape index (κ3) is 24.0. The van der Waals surface area contributed by atoms with Crippen LogP contribution in [0.15, 0.2) is 119 Å². The van der Waals surface area contributed by atoms with Crippen molar-refractivity contribution in [1.82, 2.24) is 39.0 Å². The number of aliphatic hydroxyl groups excluding tert-OH is 4. The number of hydrogen-bond donors (Lipinski definition) is 5. The first-order valence-corrected chi connectivity index (χ1v) is 31.4. The highest BCUT2D eigenvalue weighted by atomic mass is 31.1. The molecular formula is C62H92N9O11P3. The van der Waals surface area contributed by atoms with Crippen LogP contribution in [0.4, 0.5) is 5.82 Å². The lowest BCUT2D eigenvalue weighted by Gasteiger charge is -2.19. The molecule has 0 saturated carbocycles. The van der Waals surface area contributed by atoms with E-state index < -0.39 is 61.2 Å². The molecule has 4 aromatic rings. The summed E-state index contributed by atoms with van der Waals surface area (Å²) in [6.07, 6.45) is 30.4. The summed E-state index contributed by atoms with van der Waals surface area (Å²) in [7, 11) is 1.93. The standard InChI is InChI=1S/C32H46N4O6.C20H34O.C10H12N5O4P3/c1-21(2)9-6-10-22(3)11-7-12-23(4)13-8-14-24(5)15-16-41-27(38)17-25-28-31(34-19-33-25)36(20-35-28)32-30(40)29(39)26(18-37)42-32;1-17(2)9-6-10-18(3)11-7-12-19(4)13-8-14-20(5)15-16-21;11-8-5-9(13-2-12-8)15(3-14-5)10-6(19-20)7(22-17)4(18-10)1-21-16/h9,11,13,15,19-20,26,29-30,32,37,39-40H,6-8,10,12,14,16-18H2,1-5H3;9,11,13,15,21H,6-8,10,12,14,16H2,1-5H3;2-4,6-7,10H,1,20H2,(H2,11,12,13)/b22-11+,23-13+,24-15+;18-11+,19-13+,20-15+;/t26-,29-,30+,32-;;4-,6+,7-,10-/m1.1/s1. The van der Waals surface area contributed by atoms with E-state index in [0.717, 1.165) is 76.2 Å². The van der Waals surface area contributed by atoms with Crippen LogP contribution < -0.4 is 5.73 Å². The first-order chi connectivity index (χ1) is 40.8. The van der Waals surface area contributed by atoms with E-state index in [0.29, 0.717) is 28.0 Å². The molecule has 2 aliphatic rings. The fourth-order valence-corrected chi connectivity index (χ4v) is 11.1. The molecule has 6 N–H and O–H groups in total. The van der Waals surface area contributed by atoms with Crippen LogP contribution in [0.2, 0.25) is 0 Å². The molecule has 2 fully saturated rings. The molecule has 2 saturated heterocycles. The van der Waals surface area contributed by atoms with Crippen LogP contribution in [0.1, 0.15) is 164 Å². The number of fused-ring (bicyclic) bond motifs is 2. The summed E-state index contributed by atoms with van der Waals surface area (Å²) < 4.78 is 47.7. The van der Waals surface area contributed by atoms with Gasteiger partial charge >= 0.3 is 5.97 Å². The molecule has 6 heterocycles. The van der Waals surface area contributed by atoms with E-state index in [1.165, 1.54) is 75.3 Å². The van der Waals surface area contributed by atoms with E-state index in [-0.39, 0.29) is 48.5 Å². The maximum absolute atomic E-state index is 12.5. The molecule has 0 bridgehead atoms. The monoisotopic (exact) mass is 1230 g/mol. The molecule has 9 atom stereocenters. The molecule has 0 spiro atoms. The van der Waals surface area contributed by atoms with Gasteiger partial charge in [-0.15, -0.1) is 0 Å². The van der Waals surface area contributed by atoms with E-state index in [9.17, 15) is 29.2 Å². The zero-order valence-electron chi connectivity index (χ0n) is 51.3. The predicted octanol–water partition coefficient (Wildman–Crippen LogP) is 12.2. The number of carbonyl (C=O) groups is 1. The number of allylic oxidation sites excluding steroid dienone is 14. The molecule has 2 aliphatic heterocycles. The number of anilines is 1. The quantitative estimate of drug-likeness (QED) is 0.0184. The van der Waals surface area contributed by atoms with Crippen LogP contribution in [-0.2, 0) is 39.1 Å². The molecule has 0 aliphatic carbocycles. The lowest BCUT2D eigenvalue weighted by atomic mass is 10.0. The van der Waals surface area contributed by atoms with Crippen LogP contribution in [-0.4, -0.2) is 128 Å². The summed E-state index contributed by atoms with van der Waals surface area (Å²) in [4.78, 5) is 37.5. The maximum Gasteiger partial charge on any atom is 0.312 e. The second kappa shape index (κ2) is 38.7. The maximum atomic E-state index is 12.5. The van der Waals surface area contributed by atoms with Crippen LogP contribution in [0, 0.1) is 0 Å². The number of nitrogens with zero attached hydrogens (tertiary/aromatic N) is 8. The Morgan fingerprint density at radius 1 is 0.612 bits per heavy atom. The van der Waals surface area contributed by atoms with Gasteiger partial charge in [0.05, 0.1) is 55.9 Å².